The molecule has 32 heavy (non-hydrogen) atoms. The van der Waals surface area contributed by atoms with Crippen molar-refractivity contribution in [1.82, 2.24) is 4.98 Å². The standard InChI is InChI=1S/C24H21N3O4S/c1-15-2-6-17(7-3-15)18-8-11-20-21(12-18)22(24(29)27-23(20)28)14-26-13-16-4-9-19(10-5-16)32(25,30)31/h2-12,14H,13H2,1H3,(H2,25,30,31)(H2,27,28,29). The molecule has 4 rings (SSSR count). The van der Waals surface area contributed by atoms with Crippen LogP contribution in [0.3, 0.4) is 0 Å². The molecule has 0 aliphatic heterocycles. The highest BCUT2D eigenvalue weighted by Crippen LogP contribution is 2.27. The second kappa shape index (κ2) is 8.41. The minimum atomic E-state index is -3.75. The second-order valence-corrected chi connectivity index (χ2v) is 9.06. The van der Waals surface area contributed by atoms with Crippen molar-refractivity contribution in [3.8, 4) is 17.0 Å². The van der Waals surface area contributed by atoms with Gasteiger partial charge in [-0.1, -0.05) is 48.0 Å². The molecule has 0 saturated heterocycles. The smallest absolute Gasteiger partial charge is 0.258 e. The fourth-order valence-electron chi connectivity index (χ4n) is 3.42. The minimum absolute atomic E-state index is 0.0261. The SMILES string of the molecule is Cc1ccc(-c2ccc3c(=O)[nH]c(O)c(C=NCc4ccc(S(N)(=O)=O)cc4)c3c2)cc1. The largest absolute Gasteiger partial charge is 0.494 e. The van der Waals surface area contributed by atoms with Gasteiger partial charge in [0.1, 0.15) is 0 Å². The lowest BCUT2D eigenvalue weighted by atomic mass is 9.99. The Balaban J connectivity index is 1.70. The highest BCUT2D eigenvalue weighted by molar-refractivity contribution is 7.89. The van der Waals surface area contributed by atoms with Crippen molar-refractivity contribution < 1.29 is 13.5 Å². The summed E-state index contributed by atoms with van der Waals surface area (Å²) in [4.78, 5) is 19.2. The van der Waals surface area contributed by atoms with Gasteiger partial charge in [-0.3, -0.25) is 14.8 Å². The molecule has 4 aromatic rings. The van der Waals surface area contributed by atoms with Crippen LogP contribution >= 0.6 is 0 Å². The van der Waals surface area contributed by atoms with E-state index in [9.17, 15) is 18.3 Å². The zero-order valence-electron chi connectivity index (χ0n) is 17.2. The molecule has 0 atom stereocenters. The maximum Gasteiger partial charge on any atom is 0.258 e. The molecule has 0 unspecified atom stereocenters. The summed E-state index contributed by atoms with van der Waals surface area (Å²) < 4.78 is 22.7. The van der Waals surface area contributed by atoms with E-state index in [0.29, 0.717) is 16.3 Å². The van der Waals surface area contributed by atoms with Crippen LogP contribution in [0.5, 0.6) is 5.88 Å². The Morgan fingerprint density at radius 3 is 2.28 bits per heavy atom. The fourth-order valence-corrected chi connectivity index (χ4v) is 3.93. The van der Waals surface area contributed by atoms with Gasteiger partial charge in [0.05, 0.1) is 17.0 Å². The zero-order valence-corrected chi connectivity index (χ0v) is 18.1. The number of nitrogens with zero attached hydrogens (tertiary/aromatic N) is 1. The van der Waals surface area contributed by atoms with Crippen LogP contribution in [0.25, 0.3) is 21.9 Å². The molecule has 0 amide bonds. The maximum atomic E-state index is 12.3. The van der Waals surface area contributed by atoms with E-state index in [1.165, 1.54) is 18.3 Å². The number of nitrogens with two attached hydrogens (primary N) is 1. The van der Waals surface area contributed by atoms with Gasteiger partial charge >= 0.3 is 0 Å². The van der Waals surface area contributed by atoms with Gasteiger partial charge in [-0.15, -0.1) is 0 Å². The number of benzene rings is 3. The summed E-state index contributed by atoms with van der Waals surface area (Å²) in [6, 6.07) is 19.6. The lowest BCUT2D eigenvalue weighted by Crippen LogP contribution is -2.11. The third-order valence-electron chi connectivity index (χ3n) is 5.17. The van der Waals surface area contributed by atoms with Crippen LogP contribution in [0.15, 0.2) is 81.4 Å². The number of primary sulfonamides is 1. The lowest BCUT2D eigenvalue weighted by molar-refractivity contribution is 0.452. The van der Waals surface area contributed by atoms with Gasteiger partial charge in [0.2, 0.25) is 15.9 Å². The summed E-state index contributed by atoms with van der Waals surface area (Å²) in [5.74, 6) is -0.267. The van der Waals surface area contributed by atoms with Crippen LogP contribution < -0.4 is 10.7 Å². The molecule has 3 aromatic carbocycles. The van der Waals surface area contributed by atoms with Gasteiger partial charge in [-0.25, -0.2) is 13.6 Å². The molecule has 0 fully saturated rings. The summed E-state index contributed by atoms with van der Waals surface area (Å²) in [6.07, 6.45) is 1.50. The Morgan fingerprint density at radius 2 is 1.62 bits per heavy atom. The Labute approximate surface area is 184 Å². The topological polar surface area (TPSA) is 126 Å². The normalized spacial score (nSPS) is 11.9. The summed E-state index contributed by atoms with van der Waals surface area (Å²) >= 11 is 0. The van der Waals surface area contributed by atoms with E-state index in [0.717, 1.165) is 22.3 Å². The van der Waals surface area contributed by atoms with E-state index >= 15 is 0 Å². The van der Waals surface area contributed by atoms with Crippen LogP contribution in [0.4, 0.5) is 0 Å². The van der Waals surface area contributed by atoms with Crippen molar-refractivity contribution in [1.29, 1.82) is 0 Å². The Bertz CT molecular complexity index is 1490. The molecule has 0 aliphatic carbocycles. The van der Waals surface area contributed by atoms with Gasteiger partial charge in [0.15, 0.2) is 0 Å². The van der Waals surface area contributed by atoms with E-state index in [1.54, 1.807) is 18.2 Å². The van der Waals surface area contributed by atoms with Crippen LogP contribution in [-0.2, 0) is 16.6 Å². The van der Waals surface area contributed by atoms with Crippen molar-refractivity contribution in [2.45, 2.75) is 18.4 Å². The highest BCUT2D eigenvalue weighted by atomic mass is 32.2. The van der Waals surface area contributed by atoms with Gasteiger partial charge in [0, 0.05) is 17.0 Å². The Morgan fingerprint density at radius 1 is 0.969 bits per heavy atom. The molecule has 7 nitrogen and oxygen atoms in total. The number of aromatic nitrogens is 1. The average molecular weight is 448 g/mol. The molecule has 1 heterocycles. The molecule has 0 radical (unpaired) electrons. The number of rotatable bonds is 5. The van der Waals surface area contributed by atoms with Gasteiger partial charge in [-0.05, 0) is 47.9 Å². The molecular weight excluding hydrogens is 426 g/mol. The number of pyridine rings is 1. The number of hydrogen-bond donors (Lipinski definition) is 3. The number of sulfonamides is 1. The van der Waals surface area contributed by atoms with Gasteiger partial charge < -0.3 is 5.11 Å². The molecule has 0 aliphatic rings. The fraction of sp³-hybridized carbons (Fsp3) is 0.0833. The first-order valence-electron chi connectivity index (χ1n) is 9.80. The van der Waals surface area contributed by atoms with E-state index in [4.69, 9.17) is 5.14 Å². The number of H-pyrrole nitrogens is 1. The van der Waals surface area contributed by atoms with Gasteiger partial charge in [0.25, 0.3) is 5.56 Å². The van der Waals surface area contributed by atoms with Crippen LogP contribution in [0.2, 0.25) is 0 Å². The molecule has 0 saturated carbocycles. The van der Waals surface area contributed by atoms with Crippen LogP contribution in [-0.4, -0.2) is 24.7 Å². The summed E-state index contributed by atoms with van der Waals surface area (Å²) in [5.41, 5.74) is 3.83. The number of nitrogens with one attached hydrogen (secondary N) is 1. The van der Waals surface area contributed by atoms with Crippen LogP contribution in [0.1, 0.15) is 16.7 Å². The van der Waals surface area contributed by atoms with Crippen molar-refractivity contribution in [2.24, 2.45) is 10.1 Å². The van der Waals surface area contributed by atoms with E-state index in [1.807, 2.05) is 43.3 Å². The molecule has 8 heteroatoms. The van der Waals surface area contributed by atoms with E-state index in [2.05, 4.69) is 9.98 Å². The number of aromatic amines is 1. The molecular formula is C24H21N3O4S. The van der Waals surface area contributed by atoms with Crippen molar-refractivity contribution in [3.05, 3.63) is 93.8 Å². The Kier molecular flexibility index (Phi) is 5.65. The zero-order chi connectivity index (χ0) is 22.9. The number of aliphatic imine (C=N–C) groups is 1. The maximum absolute atomic E-state index is 12.3. The third kappa shape index (κ3) is 4.46. The summed E-state index contributed by atoms with van der Waals surface area (Å²) in [5, 5.41) is 16.5. The predicted molar refractivity (Wildman–Crippen MR) is 126 cm³/mol. The van der Waals surface area contributed by atoms with E-state index in [-0.39, 0.29) is 22.9 Å². The average Bonchev–Trinajstić information content (AvgIpc) is 2.76. The number of aryl methyl sites for hydroxylation is 1. The third-order valence-corrected chi connectivity index (χ3v) is 6.10. The first-order chi connectivity index (χ1) is 15.2. The number of aromatic hydroxyl groups is 1. The molecule has 1 aromatic heterocycles. The first kappa shape index (κ1) is 21.5. The second-order valence-electron chi connectivity index (χ2n) is 7.50. The molecule has 0 bridgehead atoms. The molecule has 0 spiro atoms. The monoisotopic (exact) mass is 447 g/mol. The number of fused-ring (bicyclic) bond motifs is 1. The van der Waals surface area contributed by atoms with Crippen molar-refractivity contribution >= 4 is 27.0 Å². The lowest BCUT2D eigenvalue weighted by Gasteiger charge is -2.08. The van der Waals surface area contributed by atoms with Crippen LogP contribution in [0, 0.1) is 6.92 Å². The van der Waals surface area contributed by atoms with Crippen molar-refractivity contribution in [3.63, 3.8) is 0 Å². The van der Waals surface area contributed by atoms with E-state index < -0.39 is 10.0 Å². The summed E-state index contributed by atoms with van der Waals surface area (Å²) in [6.45, 7) is 2.27. The predicted octanol–water partition coefficient (Wildman–Crippen LogP) is 3.48. The molecule has 4 N–H and O–H groups in total. The van der Waals surface area contributed by atoms with Gasteiger partial charge in [-0.2, -0.15) is 0 Å². The van der Waals surface area contributed by atoms with Crippen molar-refractivity contribution in [2.75, 3.05) is 0 Å². The highest BCUT2D eigenvalue weighted by Gasteiger charge is 2.11. The molecule has 162 valence electrons. The minimum Gasteiger partial charge on any atom is -0.494 e. The quantitative estimate of drug-likeness (QED) is 0.405. The summed E-state index contributed by atoms with van der Waals surface area (Å²) in [7, 11) is -3.75. The first-order valence-corrected chi connectivity index (χ1v) is 11.3. The number of hydrogen-bond acceptors (Lipinski definition) is 5. The Hall–Kier alpha value is -3.75.